The first kappa shape index (κ1) is 16.0. The Morgan fingerprint density at radius 2 is 2.16 bits per heavy atom. The normalized spacial score (nSPS) is 10.4. The highest BCUT2D eigenvalue weighted by molar-refractivity contribution is 7.80. The van der Waals surface area contributed by atoms with Gasteiger partial charge < -0.3 is 20.3 Å². The molecular weight excluding hydrogens is 282 g/mol. The van der Waals surface area contributed by atoms with Gasteiger partial charge in [0.05, 0.1) is 12.1 Å². The van der Waals surface area contributed by atoms with Crippen molar-refractivity contribution >= 4 is 34.6 Å². The van der Waals surface area contributed by atoms with Gasteiger partial charge in [0.1, 0.15) is 5.75 Å². The van der Waals surface area contributed by atoms with Gasteiger partial charge in [0.25, 0.3) is 0 Å². The van der Waals surface area contributed by atoms with Crippen LogP contribution in [0.15, 0.2) is 18.2 Å². The Labute approximate surface area is 125 Å². The molecule has 0 aliphatic rings. The van der Waals surface area contributed by atoms with Crippen LogP contribution in [0.3, 0.4) is 0 Å². The lowest BCUT2D eigenvalue weighted by Gasteiger charge is -2.13. The quantitative estimate of drug-likeness (QED) is 0.624. The second kappa shape index (κ2) is 8.19. The van der Waals surface area contributed by atoms with E-state index in [-0.39, 0.29) is 0 Å². The molecule has 0 radical (unpaired) electrons. The van der Waals surface area contributed by atoms with Crippen molar-refractivity contribution in [2.45, 2.75) is 6.42 Å². The maximum absolute atomic E-state index is 6.04. The van der Waals surface area contributed by atoms with Gasteiger partial charge in [0.15, 0.2) is 5.11 Å². The zero-order chi connectivity index (χ0) is 14.3. The number of hydrogen-bond donors (Lipinski definition) is 2. The molecule has 6 heteroatoms. The zero-order valence-electron chi connectivity index (χ0n) is 11.5. The zero-order valence-corrected chi connectivity index (χ0v) is 13.1. The molecule has 1 rings (SSSR count). The lowest BCUT2D eigenvalue weighted by molar-refractivity contribution is 0.400. The number of benzene rings is 1. The van der Waals surface area contributed by atoms with Crippen molar-refractivity contribution < 1.29 is 4.74 Å². The number of methoxy groups -OCH3 is 1. The monoisotopic (exact) mass is 301 g/mol. The predicted octanol–water partition coefficient (Wildman–Crippen LogP) is 2.59. The maximum atomic E-state index is 6.04. The van der Waals surface area contributed by atoms with Gasteiger partial charge in [-0.05, 0) is 57.5 Å². The summed E-state index contributed by atoms with van der Waals surface area (Å²) in [5, 5.41) is 7.40. The summed E-state index contributed by atoms with van der Waals surface area (Å²) >= 11 is 11.2. The third kappa shape index (κ3) is 6.09. The molecule has 0 fully saturated rings. The Hall–Kier alpha value is -1.04. The molecule has 1 aromatic carbocycles. The summed E-state index contributed by atoms with van der Waals surface area (Å²) in [6, 6.07) is 5.46. The molecule has 0 saturated carbocycles. The Bertz CT molecular complexity index is 426. The van der Waals surface area contributed by atoms with E-state index in [4.69, 9.17) is 28.6 Å². The van der Waals surface area contributed by atoms with E-state index in [1.165, 1.54) is 0 Å². The van der Waals surface area contributed by atoms with Crippen LogP contribution in [-0.2, 0) is 0 Å². The fraction of sp³-hybridized carbons (Fsp3) is 0.462. The van der Waals surface area contributed by atoms with Crippen LogP contribution in [0.5, 0.6) is 5.75 Å². The number of thiocarbonyl (C=S) groups is 1. The minimum Gasteiger partial charge on any atom is -0.495 e. The fourth-order valence-corrected chi connectivity index (χ4v) is 1.99. The van der Waals surface area contributed by atoms with Crippen LogP contribution in [0.1, 0.15) is 6.42 Å². The highest BCUT2D eigenvalue weighted by atomic mass is 35.5. The third-order valence-electron chi connectivity index (χ3n) is 2.48. The first-order chi connectivity index (χ1) is 9.02. The predicted molar refractivity (Wildman–Crippen MR) is 85.4 cm³/mol. The van der Waals surface area contributed by atoms with Crippen LogP contribution in [0, 0.1) is 0 Å². The van der Waals surface area contributed by atoms with Gasteiger partial charge in [-0.15, -0.1) is 0 Å². The van der Waals surface area contributed by atoms with E-state index in [9.17, 15) is 0 Å². The molecule has 1 aromatic rings. The Morgan fingerprint density at radius 1 is 1.42 bits per heavy atom. The molecule has 0 aliphatic carbocycles. The largest absolute Gasteiger partial charge is 0.495 e. The Morgan fingerprint density at radius 3 is 2.74 bits per heavy atom. The summed E-state index contributed by atoms with van der Waals surface area (Å²) < 4.78 is 5.09. The summed E-state index contributed by atoms with van der Waals surface area (Å²) in [5.41, 5.74) is 0.843. The third-order valence-corrected chi connectivity index (χ3v) is 3.02. The molecule has 0 aliphatic heterocycles. The average molecular weight is 302 g/mol. The molecule has 4 nitrogen and oxygen atoms in total. The van der Waals surface area contributed by atoms with Gasteiger partial charge in [-0.1, -0.05) is 11.6 Å². The summed E-state index contributed by atoms with van der Waals surface area (Å²) in [5.74, 6) is 0.650. The van der Waals surface area contributed by atoms with E-state index in [2.05, 4.69) is 29.6 Å². The van der Waals surface area contributed by atoms with Crippen molar-refractivity contribution in [3.8, 4) is 5.75 Å². The van der Waals surface area contributed by atoms with Crippen molar-refractivity contribution in [1.82, 2.24) is 10.2 Å². The van der Waals surface area contributed by atoms with Crippen molar-refractivity contribution in [1.29, 1.82) is 0 Å². The fourth-order valence-electron chi connectivity index (χ4n) is 1.52. The molecule has 0 spiro atoms. The van der Waals surface area contributed by atoms with Gasteiger partial charge in [-0.3, -0.25) is 0 Å². The summed E-state index contributed by atoms with van der Waals surface area (Å²) in [7, 11) is 5.69. The van der Waals surface area contributed by atoms with E-state index in [1.54, 1.807) is 19.2 Å². The number of rotatable bonds is 6. The Balaban J connectivity index is 2.38. The topological polar surface area (TPSA) is 36.5 Å². The Kier molecular flexibility index (Phi) is 6.91. The number of nitrogens with zero attached hydrogens (tertiary/aromatic N) is 1. The molecule has 0 atom stereocenters. The van der Waals surface area contributed by atoms with Gasteiger partial charge in [-0.25, -0.2) is 0 Å². The number of halogens is 1. The molecule has 0 saturated heterocycles. The van der Waals surface area contributed by atoms with Crippen LogP contribution in [0.4, 0.5) is 5.69 Å². The molecule has 0 bridgehead atoms. The van der Waals surface area contributed by atoms with Crippen molar-refractivity contribution in [2.75, 3.05) is 39.6 Å². The molecule has 0 heterocycles. The second-order valence-corrected chi connectivity index (χ2v) is 5.20. The molecule has 19 heavy (non-hydrogen) atoms. The summed E-state index contributed by atoms with van der Waals surface area (Å²) in [4.78, 5) is 2.14. The number of anilines is 1. The van der Waals surface area contributed by atoms with Crippen LogP contribution in [0.25, 0.3) is 0 Å². The first-order valence-electron chi connectivity index (χ1n) is 6.06. The standard InChI is InChI=1S/C13H20ClN3OS/c1-17(2)8-4-7-15-13(19)16-10-5-6-12(18-3)11(14)9-10/h5-6,9H,4,7-8H2,1-3H3,(H2,15,16,19). The molecule has 2 N–H and O–H groups in total. The van der Waals surface area contributed by atoms with E-state index in [0.29, 0.717) is 15.9 Å². The van der Waals surface area contributed by atoms with Crippen LogP contribution >= 0.6 is 23.8 Å². The van der Waals surface area contributed by atoms with Crippen molar-refractivity contribution in [3.63, 3.8) is 0 Å². The van der Waals surface area contributed by atoms with Crippen LogP contribution in [0.2, 0.25) is 5.02 Å². The van der Waals surface area contributed by atoms with Gasteiger partial charge >= 0.3 is 0 Å². The van der Waals surface area contributed by atoms with Gasteiger partial charge in [0, 0.05) is 12.2 Å². The molecule has 0 unspecified atom stereocenters. The smallest absolute Gasteiger partial charge is 0.170 e. The van der Waals surface area contributed by atoms with Crippen LogP contribution in [-0.4, -0.2) is 44.3 Å². The SMILES string of the molecule is COc1ccc(NC(=S)NCCCN(C)C)cc1Cl. The number of ether oxygens (including phenoxy) is 1. The summed E-state index contributed by atoms with van der Waals surface area (Å²) in [6.07, 6.45) is 1.04. The maximum Gasteiger partial charge on any atom is 0.170 e. The van der Waals surface area contributed by atoms with E-state index >= 15 is 0 Å². The highest BCUT2D eigenvalue weighted by Gasteiger charge is 2.03. The van der Waals surface area contributed by atoms with Gasteiger partial charge in [-0.2, -0.15) is 0 Å². The van der Waals surface area contributed by atoms with Crippen LogP contribution < -0.4 is 15.4 Å². The molecule has 106 valence electrons. The molecule has 0 aromatic heterocycles. The van der Waals surface area contributed by atoms with E-state index < -0.39 is 0 Å². The van der Waals surface area contributed by atoms with E-state index in [1.807, 2.05) is 6.07 Å². The minimum atomic E-state index is 0.558. The summed E-state index contributed by atoms with van der Waals surface area (Å²) in [6.45, 7) is 1.87. The lowest BCUT2D eigenvalue weighted by Crippen LogP contribution is -2.30. The average Bonchev–Trinajstić information content (AvgIpc) is 2.35. The number of nitrogens with one attached hydrogen (secondary N) is 2. The number of hydrogen-bond acceptors (Lipinski definition) is 3. The lowest BCUT2D eigenvalue weighted by atomic mass is 10.3. The van der Waals surface area contributed by atoms with Crippen molar-refractivity contribution in [3.05, 3.63) is 23.2 Å². The van der Waals surface area contributed by atoms with Crippen molar-refractivity contribution in [2.24, 2.45) is 0 Å². The first-order valence-corrected chi connectivity index (χ1v) is 6.84. The molecule has 0 amide bonds. The molecular formula is C13H20ClN3OS. The minimum absolute atomic E-state index is 0.558. The van der Waals surface area contributed by atoms with E-state index in [0.717, 1.165) is 25.2 Å². The van der Waals surface area contributed by atoms with Gasteiger partial charge in [0.2, 0.25) is 0 Å². The second-order valence-electron chi connectivity index (χ2n) is 4.39. The highest BCUT2D eigenvalue weighted by Crippen LogP contribution is 2.27.